The summed E-state index contributed by atoms with van der Waals surface area (Å²) in [5.41, 5.74) is 0. The molecular weight excluding hydrogens is 259 g/mol. The Balaban J connectivity index is 2.51. The topological polar surface area (TPSA) is 9.23 Å². The molecule has 0 aromatic heterocycles. The molecule has 0 spiro atoms. The summed E-state index contributed by atoms with van der Waals surface area (Å²) in [6.07, 6.45) is 4.03. The van der Waals surface area contributed by atoms with Gasteiger partial charge in [-0.15, -0.1) is 0 Å². The quantitative estimate of drug-likeness (QED) is 0.748. The van der Waals surface area contributed by atoms with Gasteiger partial charge in [0.05, 0.1) is 4.47 Å². The number of hydrogen-bond donors (Lipinski definition) is 0. The lowest BCUT2D eigenvalue weighted by atomic mass is 10.2. The van der Waals surface area contributed by atoms with Crippen molar-refractivity contribution < 1.29 is 9.13 Å². The smallest absolute Gasteiger partial charge is 0.134 e. The van der Waals surface area contributed by atoms with Crippen LogP contribution in [0.5, 0.6) is 5.75 Å². The van der Waals surface area contributed by atoms with E-state index in [0.717, 1.165) is 0 Å². The van der Waals surface area contributed by atoms with Crippen LogP contribution in [0, 0.1) is 11.7 Å². The molecule has 1 rings (SSSR count). The van der Waals surface area contributed by atoms with Gasteiger partial charge in [0.2, 0.25) is 0 Å². The summed E-state index contributed by atoms with van der Waals surface area (Å²) < 4.78 is 18.8. The van der Waals surface area contributed by atoms with Gasteiger partial charge >= 0.3 is 0 Å². The number of benzene rings is 1. The van der Waals surface area contributed by atoms with E-state index in [9.17, 15) is 4.39 Å². The molecule has 0 saturated carbocycles. The van der Waals surface area contributed by atoms with Crippen LogP contribution in [0.25, 0.3) is 0 Å². The molecule has 0 saturated heterocycles. The molecule has 1 aromatic rings. The fourth-order valence-electron chi connectivity index (χ4n) is 1.06. The van der Waals surface area contributed by atoms with Gasteiger partial charge in [-0.1, -0.05) is 26.0 Å². The van der Waals surface area contributed by atoms with Crippen LogP contribution in [0.4, 0.5) is 4.39 Å². The number of hydrogen-bond acceptors (Lipinski definition) is 1. The molecule has 0 aliphatic carbocycles. The van der Waals surface area contributed by atoms with Gasteiger partial charge in [-0.3, -0.25) is 0 Å². The fourth-order valence-corrected chi connectivity index (χ4v) is 1.52. The lowest BCUT2D eigenvalue weighted by molar-refractivity contribution is 0.359. The third-order valence-corrected chi connectivity index (χ3v) is 2.37. The Morgan fingerprint density at radius 1 is 1.47 bits per heavy atom. The summed E-state index contributed by atoms with van der Waals surface area (Å²) in [6, 6.07) is 4.39. The molecule has 0 radical (unpaired) electrons. The summed E-state index contributed by atoms with van der Waals surface area (Å²) in [6.45, 7) is 4.71. The van der Waals surface area contributed by atoms with E-state index in [2.05, 4.69) is 35.9 Å². The van der Waals surface area contributed by atoms with E-state index >= 15 is 0 Å². The van der Waals surface area contributed by atoms with Gasteiger partial charge in [-0.25, -0.2) is 4.39 Å². The van der Waals surface area contributed by atoms with Crippen LogP contribution in [0.2, 0.25) is 0 Å². The van der Waals surface area contributed by atoms with Crippen molar-refractivity contribution in [2.45, 2.75) is 13.8 Å². The molecule has 0 unspecified atom stereocenters. The highest BCUT2D eigenvalue weighted by Gasteiger charge is 2.00. The van der Waals surface area contributed by atoms with Crippen LogP contribution in [-0.2, 0) is 0 Å². The molecule has 0 amide bonds. The standard InChI is InChI=1S/C12H14BrFO/c1-9(2)4-3-7-15-12-6-5-10(14)8-11(12)13/h3-6,8-9H,7H2,1-2H3. The summed E-state index contributed by atoms with van der Waals surface area (Å²) >= 11 is 3.24. The van der Waals surface area contributed by atoms with Crippen LogP contribution < -0.4 is 4.74 Å². The Morgan fingerprint density at radius 3 is 2.80 bits per heavy atom. The normalized spacial score (nSPS) is 11.3. The molecule has 3 heteroatoms. The van der Waals surface area contributed by atoms with Crippen LogP contribution in [0.15, 0.2) is 34.8 Å². The largest absolute Gasteiger partial charge is 0.488 e. The van der Waals surface area contributed by atoms with Crippen LogP contribution >= 0.6 is 15.9 Å². The Kier molecular flexibility index (Phi) is 4.82. The molecule has 0 atom stereocenters. The van der Waals surface area contributed by atoms with Crippen molar-refractivity contribution in [1.82, 2.24) is 0 Å². The van der Waals surface area contributed by atoms with Gasteiger partial charge in [-0.2, -0.15) is 0 Å². The second kappa shape index (κ2) is 5.91. The second-order valence-corrected chi connectivity index (χ2v) is 4.41. The lowest BCUT2D eigenvalue weighted by Crippen LogP contribution is -1.95. The minimum atomic E-state index is -0.271. The predicted octanol–water partition coefficient (Wildman–Crippen LogP) is 4.18. The van der Waals surface area contributed by atoms with E-state index < -0.39 is 0 Å². The third kappa shape index (κ3) is 4.47. The Morgan fingerprint density at radius 2 is 2.20 bits per heavy atom. The van der Waals surface area contributed by atoms with Gasteiger partial charge in [0.25, 0.3) is 0 Å². The average molecular weight is 273 g/mol. The Hall–Kier alpha value is -0.830. The van der Waals surface area contributed by atoms with Crippen LogP contribution in [0.3, 0.4) is 0 Å². The van der Waals surface area contributed by atoms with E-state index in [-0.39, 0.29) is 5.82 Å². The van der Waals surface area contributed by atoms with Crippen molar-refractivity contribution >= 4 is 15.9 Å². The zero-order valence-electron chi connectivity index (χ0n) is 8.84. The molecule has 15 heavy (non-hydrogen) atoms. The van der Waals surface area contributed by atoms with Crippen molar-refractivity contribution in [1.29, 1.82) is 0 Å². The number of rotatable bonds is 4. The summed E-state index contributed by atoms with van der Waals surface area (Å²) in [4.78, 5) is 0. The Bertz CT molecular complexity index is 347. The third-order valence-electron chi connectivity index (χ3n) is 1.75. The van der Waals surface area contributed by atoms with E-state index in [0.29, 0.717) is 22.7 Å². The van der Waals surface area contributed by atoms with Crippen molar-refractivity contribution in [3.63, 3.8) is 0 Å². The molecule has 1 aromatic carbocycles. The van der Waals surface area contributed by atoms with E-state index in [4.69, 9.17) is 4.74 Å². The molecule has 0 N–H and O–H groups in total. The SMILES string of the molecule is CC(C)C=CCOc1ccc(F)cc1Br. The average Bonchev–Trinajstić information content (AvgIpc) is 2.14. The van der Waals surface area contributed by atoms with Crippen LogP contribution in [-0.4, -0.2) is 6.61 Å². The first-order valence-electron chi connectivity index (χ1n) is 4.84. The van der Waals surface area contributed by atoms with Crippen molar-refractivity contribution in [2.24, 2.45) is 5.92 Å². The number of allylic oxidation sites excluding steroid dienone is 1. The van der Waals surface area contributed by atoms with Gasteiger partial charge < -0.3 is 4.74 Å². The minimum absolute atomic E-state index is 0.271. The van der Waals surface area contributed by atoms with E-state index in [1.54, 1.807) is 6.07 Å². The van der Waals surface area contributed by atoms with Gasteiger partial charge in [0.15, 0.2) is 0 Å². The van der Waals surface area contributed by atoms with Crippen LogP contribution in [0.1, 0.15) is 13.8 Å². The fraction of sp³-hybridized carbons (Fsp3) is 0.333. The van der Waals surface area contributed by atoms with Gasteiger partial charge in [0, 0.05) is 0 Å². The number of ether oxygens (including phenoxy) is 1. The van der Waals surface area contributed by atoms with Crippen molar-refractivity contribution in [3.05, 3.63) is 40.6 Å². The molecule has 82 valence electrons. The highest BCUT2D eigenvalue weighted by atomic mass is 79.9. The summed E-state index contributed by atoms with van der Waals surface area (Å²) in [7, 11) is 0. The second-order valence-electron chi connectivity index (χ2n) is 3.56. The maximum Gasteiger partial charge on any atom is 0.134 e. The summed E-state index contributed by atoms with van der Waals surface area (Å²) in [5.74, 6) is 0.905. The highest BCUT2D eigenvalue weighted by molar-refractivity contribution is 9.10. The van der Waals surface area contributed by atoms with Crippen molar-refractivity contribution in [3.8, 4) is 5.75 Å². The maximum atomic E-state index is 12.7. The molecule has 0 aliphatic rings. The highest BCUT2D eigenvalue weighted by Crippen LogP contribution is 2.25. The minimum Gasteiger partial charge on any atom is -0.488 e. The molecule has 0 fully saturated rings. The molecule has 0 heterocycles. The van der Waals surface area contributed by atoms with E-state index in [1.807, 2.05) is 6.08 Å². The first kappa shape index (κ1) is 12.2. The molecular formula is C12H14BrFO. The zero-order valence-corrected chi connectivity index (χ0v) is 10.4. The maximum absolute atomic E-state index is 12.7. The lowest BCUT2D eigenvalue weighted by Gasteiger charge is -2.05. The first-order valence-corrected chi connectivity index (χ1v) is 5.63. The van der Waals surface area contributed by atoms with Gasteiger partial charge in [-0.05, 0) is 40.0 Å². The Labute approximate surface area is 98.1 Å². The first-order chi connectivity index (χ1) is 7.09. The zero-order chi connectivity index (χ0) is 11.3. The van der Waals surface area contributed by atoms with E-state index in [1.165, 1.54) is 12.1 Å². The molecule has 0 bridgehead atoms. The molecule has 1 nitrogen and oxygen atoms in total. The number of halogens is 2. The predicted molar refractivity (Wildman–Crippen MR) is 63.6 cm³/mol. The monoisotopic (exact) mass is 272 g/mol. The van der Waals surface area contributed by atoms with Gasteiger partial charge in [0.1, 0.15) is 18.2 Å². The van der Waals surface area contributed by atoms with Crippen molar-refractivity contribution in [2.75, 3.05) is 6.61 Å². The summed E-state index contributed by atoms with van der Waals surface area (Å²) in [5, 5.41) is 0. The molecule has 0 aliphatic heterocycles.